The van der Waals surface area contributed by atoms with Crippen molar-refractivity contribution in [1.82, 2.24) is 19.9 Å². The molecule has 0 unspecified atom stereocenters. The number of hydrogen-bond donors (Lipinski definition) is 0. The van der Waals surface area contributed by atoms with Gasteiger partial charge in [-0.05, 0) is 41.1 Å². The minimum absolute atomic E-state index is 0.583. The first-order valence-corrected chi connectivity index (χ1v) is 17.2. The summed E-state index contributed by atoms with van der Waals surface area (Å²) in [6.45, 7) is 0. The molecule has 0 amide bonds. The van der Waals surface area contributed by atoms with E-state index in [1.807, 2.05) is 78.9 Å². The number of nitrogens with zero attached hydrogens (tertiary/aromatic N) is 4. The summed E-state index contributed by atoms with van der Waals surface area (Å²) in [7, 11) is 0. The van der Waals surface area contributed by atoms with E-state index < -0.39 is 0 Å². The summed E-state index contributed by atoms with van der Waals surface area (Å²) in [5, 5.41) is 7.13. The molecule has 4 heterocycles. The molecule has 52 heavy (non-hydrogen) atoms. The maximum Gasteiger partial charge on any atom is 0.164 e. The zero-order valence-electron chi connectivity index (χ0n) is 27.6. The van der Waals surface area contributed by atoms with E-state index in [1.165, 1.54) is 0 Å². The van der Waals surface area contributed by atoms with Gasteiger partial charge in [-0.3, -0.25) is 0 Å². The van der Waals surface area contributed by atoms with Crippen LogP contribution in [0.25, 0.3) is 111 Å². The molecule has 0 aliphatic rings. The second-order valence-electron chi connectivity index (χ2n) is 12.9. The molecule has 0 N–H and O–H groups in total. The van der Waals surface area contributed by atoms with Gasteiger partial charge >= 0.3 is 0 Å². The summed E-state index contributed by atoms with van der Waals surface area (Å²) in [6, 6.07) is 53.3. The highest BCUT2D eigenvalue weighted by Gasteiger charge is 2.21. The maximum atomic E-state index is 6.37. The average Bonchev–Trinajstić information content (AvgIpc) is 3.79. The highest BCUT2D eigenvalue weighted by molar-refractivity contribution is 6.18. The Balaban J connectivity index is 1.17. The Bertz CT molecular complexity index is 3200. The molecule has 0 saturated heterocycles. The first kappa shape index (κ1) is 28.6. The molecule has 0 radical (unpaired) electrons. The van der Waals surface area contributed by atoms with Crippen molar-refractivity contribution in [1.29, 1.82) is 0 Å². The molecule has 0 saturated carbocycles. The fraction of sp³-hybridized carbons (Fsp3) is 0. The lowest BCUT2D eigenvalue weighted by Crippen LogP contribution is -2.01. The summed E-state index contributed by atoms with van der Waals surface area (Å²) in [4.78, 5) is 20.7. The third-order valence-corrected chi connectivity index (χ3v) is 9.95. The fourth-order valence-corrected chi connectivity index (χ4v) is 7.59. The Morgan fingerprint density at radius 1 is 0.327 bits per heavy atom. The smallest absolute Gasteiger partial charge is 0.164 e. The van der Waals surface area contributed by atoms with E-state index >= 15 is 0 Å². The molecule has 4 aromatic heterocycles. The molecule has 0 bridgehead atoms. The summed E-state index contributed by atoms with van der Waals surface area (Å²) >= 11 is 0. The zero-order chi connectivity index (χ0) is 34.2. The van der Waals surface area contributed by atoms with Gasteiger partial charge in [-0.25, -0.2) is 19.9 Å². The van der Waals surface area contributed by atoms with Crippen LogP contribution < -0.4 is 0 Å². The van der Waals surface area contributed by atoms with Crippen LogP contribution in [0.4, 0.5) is 0 Å². The molecule has 6 nitrogen and oxygen atoms in total. The van der Waals surface area contributed by atoms with E-state index in [0.717, 1.165) is 93.5 Å². The standard InChI is InChI=1S/C46H26N4O2/c1-2-13-27(14-3-1)44-48-45(50-46(49-44)36-21-12-24-39-40(36)34-19-8-10-22-37(34)51-39)33-26-25-31(28-15-4-5-16-29(28)33)41-30-17-6-7-18-32(30)43-42(47-41)35-20-9-11-23-38(35)52-43/h1-26H. The van der Waals surface area contributed by atoms with Crippen molar-refractivity contribution < 1.29 is 8.83 Å². The molecule has 6 heteroatoms. The number of furan rings is 2. The Kier molecular flexibility index (Phi) is 6.15. The summed E-state index contributed by atoms with van der Waals surface area (Å²) in [5.74, 6) is 1.77. The van der Waals surface area contributed by atoms with E-state index in [9.17, 15) is 0 Å². The quantitative estimate of drug-likeness (QED) is 0.186. The normalized spacial score (nSPS) is 11.8. The first-order valence-electron chi connectivity index (χ1n) is 17.2. The van der Waals surface area contributed by atoms with Crippen molar-refractivity contribution in [3.8, 4) is 45.4 Å². The number of para-hydroxylation sites is 2. The van der Waals surface area contributed by atoms with Gasteiger partial charge in [0.2, 0.25) is 0 Å². The highest BCUT2D eigenvalue weighted by atomic mass is 16.3. The lowest BCUT2D eigenvalue weighted by Gasteiger charge is -2.14. The zero-order valence-corrected chi connectivity index (χ0v) is 27.6. The molecular weight excluding hydrogens is 641 g/mol. The summed E-state index contributed by atoms with van der Waals surface area (Å²) < 4.78 is 12.6. The fourth-order valence-electron chi connectivity index (χ4n) is 7.59. The molecule has 0 aliphatic heterocycles. The highest BCUT2D eigenvalue weighted by Crippen LogP contribution is 2.42. The van der Waals surface area contributed by atoms with Crippen LogP contribution in [-0.4, -0.2) is 19.9 Å². The molecule has 11 aromatic rings. The Labute approximate surface area is 296 Å². The second kappa shape index (κ2) is 11.2. The van der Waals surface area contributed by atoms with Crippen LogP contribution in [0.1, 0.15) is 0 Å². The van der Waals surface area contributed by atoms with Gasteiger partial charge in [0, 0.05) is 49.2 Å². The van der Waals surface area contributed by atoms with Gasteiger partial charge in [-0.2, -0.15) is 0 Å². The van der Waals surface area contributed by atoms with E-state index in [4.69, 9.17) is 28.8 Å². The third-order valence-electron chi connectivity index (χ3n) is 9.95. The number of benzene rings is 7. The van der Waals surface area contributed by atoms with E-state index in [2.05, 4.69) is 78.9 Å². The van der Waals surface area contributed by atoms with E-state index in [0.29, 0.717) is 17.5 Å². The van der Waals surface area contributed by atoms with Gasteiger partial charge in [0.05, 0.1) is 5.69 Å². The number of fused-ring (bicyclic) bond motifs is 9. The van der Waals surface area contributed by atoms with Crippen LogP contribution >= 0.6 is 0 Å². The van der Waals surface area contributed by atoms with Crippen molar-refractivity contribution in [2.45, 2.75) is 0 Å². The number of pyridine rings is 1. The monoisotopic (exact) mass is 666 g/mol. The van der Waals surface area contributed by atoms with E-state index in [1.54, 1.807) is 0 Å². The van der Waals surface area contributed by atoms with Crippen molar-refractivity contribution in [3.63, 3.8) is 0 Å². The summed E-state index contributed by atoms with van der Waals surface area (Å²) in [6.07, 6.45) is 0. The van der Waals surface area contributed by atoms with Crippen LogP contribution in [0.15, 0.2) is 167 Å². The predicted octanol–water partition coefficient (Wildman–Crippen LogP) is 12.0. The molecule has 0 fully saturated rings. The summed E-state index contributed by atoms with van der Waals surface area (Å²) in [5.41, 5.74) is 8.73. The van der Waals surface area contributed by atoms with E-state index in [-0.39, 0.29) is 0 Å². The lowest BCUT2D eigenvalue weighted by molar-refractivity contribution is 0.669. The van der Waals surface area contributed by atoms with Gasteiger partial charge in [0.25, 0.3) is 0 Å². The Hall–Kier alpha value is -7.18. The van der Waals surface area contributed by atoms with Crippen molar-refractivity contribution >= 4 is 65.6 Å². The molecule has 0 spiro atoms. The number of rotatable bonds is 4. The van der Waals surface area contributed by atoms with Crippen LogP contribution in [0.3, 0.4) is 0 Å². The predicted molar refractivity (Wildman–Crippen MR) is 209 cm³/mol. The van der Waals surface area contributed by atoms with Gasteiger partial charge in [-0.1, -0.05) is 127 Å². The molecule has 0 aliphatic carbocycles. The van der Waals surface area contributed by atoms with Crippen molar-refractivity contribution in [2.24, 2.45) is 0 Å². The topological polar surface area (TPSA) is 77.8 Å². The van der Waals surface area contributed by atoms with Gasteiger partial charge in [0.1, 0.15) is 22.3 Å². The van der Waals surface area contributed by atoms with Crippen molar-refractivity contribution in [3.05, 3.63) is 158 Å². The van der Waals surface area contributed by atoms with Gasteiger partial charge < -0.3 is 8.83 Å². The largest absolute Gasteiger partial charge is 0.456 e. The number of hydrogen-bond acceptors (Lipinski definition) is 6. The maximum absolute atomic E-state index is 6.37. The van der Waals surface area contributed by atoms with Gasteiger partial charge in [0.15, 0.2) is 23.1 Å². The lowest BCUT2D eigenvalue weighted by atomic mass is 9.94. The van der Waals surface area contributed by atoms with Gasteiger partial charge in [-0.15, -0.1) is 0 Å². The molecule has 7 aromatic carbocycles. The van der Waals surface area contributed by atoms with Crippen LogP contribution in [-0.2, 0) is 0 Å². The minimum Gasteiger partial charge on any atom is -0.456 e. The van der Waals surface area contributed by atoms with Crippen molar-refractivity contribution in [2.75, 3.05) is 0 Å². The average molecular weight is 667 g/mol. The number of aromatic nitrogens is 4. The SMILES string of the molecule is c1ccc(-c2nc(-c3ccc(-c4nc5c6ccccc6oc5c5ccccc45)c4ccccc34)nc(-c3cccc4oc5ccccc5c34)n2)cc1. The minimum atomic E-state index is 0.583. The second-order valence-corrected chi connectivity index (χ2v) is 12.9. The van der Waals surface area contributed by atoms with Crippen LogP contribution in [0.5, 0.6) is 0 Å². The van der Waals surface area contributed by atoms with Crippen LogP contribution in [0, 0.1) is 0 Å². The Morgan fingerprint density at radius 3 is 1.67 bits per heavy atom. The van der Waals surface area contributed by atoms with Crippen LogP contribution in [0.2, 0.25) is 0 Å². The molecule has 0 atom stereocenters. The molecular formula is C46H26N4O2. The Morgan fingerprint density at radius 2 is 0.885 bits per heavy atom. The molecule has 242 valence electrons. The third kappa shape index (κ3) is 4.31. The molecule has 11 rings (SSSR count). The first-order chi connectivity index (χ1) is 25.8.